The summed E-state index contributed by atoms with van der Waals surface area (Å²) in [6.45, 7) is -0.198. The highest BCUT2D eigenvalue weighted by atomic mass is 127. The molecule has 0 bridgehead atoms. The molecule has 0 heterocycles. The van der Waals surface area contributed by atoms with E-state index in [4.69, 9.17) is 14.2 Å². The van der Waals surface area contributed by atoms with Crippen molar-refractivity contribution in [2.75, 3.05) is 27.9 Å². The highest BCUT2D eigenvalue weighted by Gasteiger charge is 2.13. The van der Waals surface area contributed by atoms with E-state index in [-0.39, 0.29) is 12.5 Å². The molecule has 0 unspecified atom stereocenters. The fourth-order valence-electron chi connectivity index (χ4n) is 2.30. The zero-order valence-corrected chi connectivity index (χ0v) is 17.8. The molecule has 0 saturated carbocycles. The molecular weight excluding hydrogens is 477 g/mol. The first-order valence-corrected chi connectivity index (χ1v) is 9.22. The molecule has 0 saturated heterocycles. The summed E-state index contributed by atoms with van der Waals surface area (Å²) >= 11 is 2.06. The Morgan fingerprint density at radius 2 is 1.71 bits per heavy atom. The van der Waals surface area contributed by atoms with Gasteiger partial charge in [-0.05, 0) is 46.9 Å². The topological polar surface area (TPSA) is 98.2 Å². The summed E-state index contributed by atoms with van der Waals surface area (Å²) < 4.78 is 16.6. The number of hydrazone groups is 1. The number of hydrogen-bond acceptors (Lipinski definition) is 6. The summed E-state index contributed by atoms with van der Waals surface area (Å²) in [6.07, 6.45) is 1.43. The number of benzene rings is 2. The van der Waals surface area contributed by atoms with Crippen molar-refractivity contribution in [2.24, 2.45) is 5.10 Å². The molecular formula is C19H20IN3O5. The molecule has 2 amide bonds. The third kappa shape index (κ3) is 5.59. The van der Waals surface area contributed by atoms with Crippen LogP contribution in [0.1, 0.15) is 15.9 Å². The molecule has 0 aliphatic heterocycles. The van der Waals surface area contributed by atoms with Gasteiger partial charge in [-0.3, -0.25) is 9.59 Å². The van der Waals surface area contributed by atoms with E-state index in [1.807, 2.05) is 12.1 Å². The number of halogens is 1. The van der Waals surface area contributed by atoms with Crippen molar-refractivity contribution in [3.8, 4) is 17.2 Å². The van der Waals surface area contributed by atoms with E-state index in [2.05, 4.69) is 38.4 Å². The van der Waals surface area contributed by atoms with E-state index in [0.29, 0.717) is 28.4 Å². The first-order chi connectivity index (χ1) is 13.5. The van der Waals surface area contributed by atoms with Crippen LogP contribution in [0.4, 0.5) is 0 Å². The van der Waals surface area contributed by atoms with E-state index < -0.39 is 5.91 Å². The predicted octanol–water partition coefficient (Wildman–Crippen LogP) is 2.20. The third-order valence-corrected chi connectivity index (χ3v) is 4.56. The lowest BCUT2D eigenvalue weighted by Crippen LogP contribution is -2.35. The number of nitrogens with one attached hydrogen (secondary N) is 2. The van der Waals surface area contributed by atoms with Crippen molar-refractivity contribution in [3.05, 3.63) is 51.1 Å². The number of hydrogen-bond donors (Lipinski definition) is 2. The second-order valence-corrected chi connectivity index (χ2v) is 6.58. The minimum Gasteiger partial charge on any atom is -0.493 e. The lowest BCUT2D eigenvalue weighted by atomic mass is 10.2. The van der Waals surface area contributed by atoms with Crippen LogP contribution < -0.4 is 25.0 Å². The Bertz CT molecular complexity index is 861. The standard InChI is InChI=1S/C19H20IN3O5/c1-26-15-8-12(9-16(27-2)18(15)28-3)10-22-23-17(24)11-21-19(25)13-6-4-5-7-14(13)20/h4-10H,11H2,1-3H3,(H,21,25)(H,23,24). The molecule has 0 fully saturated rings. The smallest absolute Gasteiger partial charge is 0.259 e. The van der Waals surface area contributed by atoms with Gasteiger partial charge in [0, 0.05) is 9.13 Å². The summed E-state index contributed by atoms with van der Waals surface area (Å²) in [7, 11) is 4.53. The van der Waals surface area contributed by atoms with Gasteiger partial charge in [0.25, 0.3) is 11.8 Å². The summed E-state index contributed by atoms with van der Waals surface area (Å²) in [5, 5.41) is 6.44. The highest BCUT2D eigenvalue weighted by molar-refractivity contribution is 14.1. The van der Waals surface area contributed by atoms with Crippen LogP contribution in [0.15, 0.2) is 41.5 Å². The molecule has 2 rings (SSSR count). The van der Waals surface area contributed by atoms with Gasteiger partial charge in [-0.2, -0.15) is 5.10 Å². The van der Waals surface area contributed by atoms with Gasteiger partial charge in [-0.1, -0.05) is 12.1 Å². The zero-order chi connectivity index (χ0) is 20.5. The first-order valence-electron chi connectivity index (χ1n) is 8.14. The van der Waals surface area contributed by atoms with Gasteiger partial charge in [0.05, 0.1) is 39.7 Å². The average molecular weight is 497 g/mol. The van der Waals surface area contributed by atoms with Gasteiger partial charge in [0.1, 0.15) is 0 Å². The van der Waals surface area contributed by atoms with Gasteiger partial charge in [-0.15, -0.1) is 0 Å². The lowest BCUT2D eigenvalue weighted by Gasteiger charge is -2.12. The Labute approximate surface area is 176 Å². The van der Waals surface area contributed by atoms with Crippen LogP contribution in [0.3, 0.4) is 0 Å². The third-order valence-electron chi connectivity index (χ3n) is 3.62. The average Bonchev–Trinajstić information content (AvgIpc) is 2.71. The van der Waals surface area contributed by atoms with E-state index >= 15 is 0 Å². The number of methoxy groups -OCH3 is 3. The Morgan fingerprint density at radius 1 is 1.07 bits per heavy atom. The fraction of sp³-hybridized carbons (Fsp3) is 0.211. The largest absolute Gasteiger partial charge is 0.493 e. The summed E-state index contributed by atoms with van der Waals surface area (Å²) in [5.74, 6) is 0.625. The van der Waals surface area contributed by atoms with Crippen molar-refractivity contribution in [1.29, 1.82) is 0 Å². The van der Waals surface area contributed by atoms with E-state index in [9.17, 15) is 9.59 Å². The normalized spacial score (nSPS) is 10.4. The van der Waals surface area contributed by atoms with Crippen molar-refractivity contribution < 1.29 is 23.8 Å². The zero-order valence-electron chi connectivity index (χ0n) is 15.6. The van der Waals surface area contributed by atoms with Crippen molar-refractivity contribution >= 4 is 40.6 Å². The number of rotatable bonds is 8. The van der Waals surface area contributed by atoms with Gasteiger partial charge in [0.2, 0.25) is 5.75 Å². The minimum atomic E-state index is -0.456. The summed E-state index contributed by atoms with van der Waals surface area (Å²) in [6, 6.07) is 10.5. The molecule has 28 heavy (non-hydrogen) atoms. The molecule has 148 valence electrons. The van der Waals surface area contributed by atoms with Crippen LogP contribution in [-0.4, -0.2) is 45.9 Å². The monoisotopic (exact) mass is 497 g/mol. The number of ether oxygens (including phenoxy) is 3. The molecule has 2 aromatic rings. The quantitative estimate of drug-likeness (QED) is 0.331. The minimum absolute atomic E-state index is 0.198. The van der Waals surface area contributed by atoms with E-state index in [1.165, 1.54) is 27.5 Å². The van der Waals surface area contributed by atoms with Crippen molar-refractivity contribution in [3.63, 3.8) is 0 Å². The van der Waals surface area contributed by atoms with Crippen molar-refractivity contribution in [2.45, 2.75) is 0 Å². The lowest BCUT2D eigenvalue weighted by molar-refractivity contribution is -0.120. The summed E-state index contributed by atoms with van der Waals surface area (Å²) in [5.41, 5.74) is 3.50. The Kier molecular flexibility index (Phi) is 8.05. The molecule has 0 aliphatic rings. The fourth-order valence-corrected chi connectivity index (χ4v) is 2.93. The van der Waals surface area contributed by atoms with Gasteiger partial charge >= 0.3 is 0 Å². The summed E-state index contributed by atoms with van der Waals surface area (Å²) in [4.78, 5) is 24.0. The number of carbonyl (C=O) groups excluding carboxylic acids is 2. The molecule has 0 radical (unpaired) electrons. The Hall–Kier alpha value is -2.82. The molecule has 0 atom stereocenters. The van der Waals surface area contributed by atoms with Crippen LogP contribution in [0.5, 0.6) is 17.2 Å². The maximum atomic E-state index is 12.1. The van der Waals surface area contributed by atoms with Crippen LogP contribution in [0.25, 0.3) is 0 Å². The molecule has 0 aromatic heterocycles. The highest BCUT2D eigenvalue weighted by Crippen LogP contribution is 2.37. The Balaban J connectivity index is 1.94. The van der Waals surface area contributed by atoms with Gasteiger partial charge < -0.3 is 19.5 Å². The van der Waals surface area contributed by atoms with E-state index in [0.717, 1.165) is 3.57 Å². The maximum Gasteiger partial charge on any atom is 0.259 e. The van der Waals surface area contributed by atoms with Crippen LogP contribution in [-0.2, 0) is 4.79 Å². The second kappa shape index (κ2) is 10.5. The second-order valence-electron chi connectivity index (χ2n) is 5.41. The molecule has 9 heteroatoms. The molecule has 2 N–H and O–H groups in total. The molecule has 0 aliphatic carbocycles. The first kappa shape index (κ1) is 21.5. The number of amides is 2. The molecule has 0 spiro atoms. The molecule has 2 aromatic carbocycles. The van der Waals surface area contributed by atoms with E-state index in [1.54, 1.807) is 24.3 Å². The maximum absolute atomic E-state index is 12.1. The van der Waals surface area contributed by atoms with Gasteiger partial charge in [-0.25, -0.2) is 5.43 Å². The van der Waals surface area contributed by atoms with Crippen LogP contribution in [0, 0.1) is 3.57 Å². The number of carbonyl (C=O) groups is 2. The number of nitrogens with zero attached hydrogens (tertiary/aromatic N) is 1. The SMILES string of the molecule is COc1cc(C=NNC(=O)CNC(=O)c2ccccc2I)cc(OC)c1OC. The Morgan fingerprint density at radius 3 is 2.29 bits per heavy atom. The molecule has 8 nitrogen and oxygen atoms in total. The van der Waals surface area contributed by atoms with Crippen LogP contribution in [0.2, 0.25) is 0 Å². The predicted molar refractivity (Wildman–Crippen MR) is 113 cm³/mol. The van der Waals surface area contributed by atoms with Crippen molar-refractivity contribution in [1.82, 2.24) is 10.7 Å². The van der Waals surface area contributed by atoms with Gasteiger partial charge in [0.15, 0.2) is 11.5 Å². The van der Waals surface area contributed by atoms with Crippen LogP contribution >= 0.6 is 22.6 Å².